The van der Waals surface area contributed by atoms with Gasteiger partial charge in [-0.15, -0.1) is 0 Å². The molecule has 0 spiro atoms. The number of benzene rings is 2. The van der Waals surface area contributed by atoms with Crippen molar-refractivity contribution in [3.63, 3.8) is 0 Å². The maximum Gasteiger partial charge on any atom is 0.245 e. The van der Waals surface area contributed by atoms with Crippen LogP contribution in [0.4, 0.5) is 0 Å². The highest BCUT2D eigenvalue weighted by molar-refractivity contribution is 9.10. The molecular formula is C19H16BrN3O3S. The molecule has 0 saturated heterocycles. The van der Waals surface area contributed by atoms with Crippen LogP contribution < -0.4 is 14.9 Å². The van der Waals surface area contributed by atoms with E-state index in [0.717, 1.165) is 27.4 Å². The second-order valence-corrected chi connectivity index (χ2v) is 7.25. The van der Waals surface area contributed by atoms with Crippen LogP contribution in [0.2, 0.25) is 0 Å². The van der Waals surface area contributed by atoms with Gasteiger partial charge < -0.3 is 9.47 Å². The van der Waals surface area contributed by atoms with Gasteiger partial charge in [0.25, 0.3) is 0 Å². The molecule has 3 rings (SSSR count). The van der Waals surface area contributed by atoms with Crippen LogP contribution in [0.25, 0.3) is 6.08 Å². The molecule has 1 aliphatic heterocycles. The SMILES string of the molecule is COc1ccc(C=NNC2=NC(=Cc3ccc(Br)cc3)C(=O)S2)cc1OC. The predicted molar refractivity (Wildman–Crippen MR) is 112 cm³/mol. The van der Waals surface area contributed by atoms with E-state index in [0.29, 0.717) is 22.4 Å². The van der Waals surface area contributed by atoms with Crippen molar-refractivity contribution in [2.24, 2.45) is 10.1 Å². The summed E-state index contributed by atoms with van der Waals surface area (Å²) in [4.78, 5) is 16.4. The first-order valence-electron chi connectivity index (χ1n) is 7.88. The summed E-state index contributed by atoms with van der Waals surface area (Å²) in [6, 6.07) is 13.1. The predicted octanol–water partition coefficient (Wildman–Crippen LogP) is 4.06. The van der Waals surface area contributed by atoms with Gasteiger partial charge in [-0.1, -0.05) is 28.1 Å². The molecule has 2 aromatic rings. The van der Waals surface area contributed by atoms with E-state index >= 15 is 0 Å². The average molecular weight is 446 g/mol. The van der Waals surface area contributed by atoms with Gasteiger partial charge >= 0.3 is 0 Å². The number of hydrogen-bond acceptors (Lipinski definition) is 7. The Morgan fingerprint density at radius 2 is 1.78 bits per heavy atom. The summed E-state index contributed by atoms with van der Waals surface area (Å²) in [6.07, 6.45) is 3.36. The van der Waals surface area contributed by atoms with Crippen LogP contribution in [0.3, 0.4) is 0 Å². The lowest BCUT2D eigenvalue weighted by Gasteiger charge is -2.07. The van der Waals surface area contributed by atoms with E-state index in [2.05, 4.69) is 31.4 Å². The summed E-state index contributed by atoms with van der Waals surface area (Å²) >= 11 is 4.39. The van der Waals surface area contributed by atoms with E-state index in [1.165, 1.54) is 0 Å². The van der Waals surface area contributed by atoms with E-state index < -0.39 is 0 Å². The van der Waals surface area contributed by atoms with Crippen molar-refractivity contribution in [2.45, 2.75) is 0 Å². The first-order valence-corrected chi connectivity index (χ1v) is 9.49. The maximum absolute atomic E-state index is 12.1. The number of ether oxygens (including phenoxy) is 2. The minimum absolute atomic E-state index is 0.123. The molecule has 27 heavy (non-hydrogen) atoms. The summed E-state index contributed by atoms with van der Waals surface area (Å²) in [7, 11) is 3.16. The first kappa shape index (κ1) is 19.2. The van der Waals surface area contributed by atoms with Crippen molar-refractivity contribution in [1.29, 1.82) is 0 Å². The number of nitrogens with zero attached hydrogens (tertiary/aromatic N) is 2. The van der Waals surface area contributed by atoms with Crippen molar-refractivity contribution in [2.75, 3.05) is 14.2 Å². The summed E-state index contributed by atoms with van der Waals surface area (Å²) in [5, 5.41) is 4.44. The molecule has 0 unspecified atom stereocenters. The topological polar surface area (TPSA) is 72.3 Å². The number of amidine groups is 1. The molecule has 0 amide bonds. The molecule has 1 heterocycles. The number of thioether (sulfide) groups is 1. The molecule has 0 atom stereocenters. The van der Waals surface area contributed by atoms with E-state index in [-0.39, 0.29) is 5.12 Å². The van der Waals surface area contributed by atoms with Crippen LogP contribution in [0, 0.1) is 0 Å². The van der Waals surface area contributed by atoms with E-state index in [9.17, 15) is 4.79 Å². The van der Waals surface area contributed by atoms with Crippen LogP contribution in [0.5, 0.6) is 11.5 Å². The monoisotopic (exact) mass is 445 g/mol. The summed E-state index contributed by atoms with van der Waals surface area (Å²) in [6.45, 7) is 0. The average Bonchev–Trinajstić information content (AvgIpc) is 3.02. The standard InChI is InChI=1S/C19H16BrN3O3S/c1-25-16-8-5-13(10-17(16)26-2)11-21-23-19-22-15(18(24)27-19)9-12-3-6-14(20)7-4-12/h3-11H,1-2H3,(H,22,23). The largest absolute Gasteiger partial charge is 0.493 e. The van der Waals surface area contributed by atoms with Crippen LogP contribution >= 0.6 is 27.7 Å². The fourth-order valence-corrected chi connectivity index (χ4v) is 3.16. The van der Waals surface area contributed by atoms with Crippen molar-refractivity contribution in [3.8, 4) is 11.5 Å². The number of carbonyl (C=O) groups excluding carboxylic acids is 1. The third-order valence-electron chi connectivity index (χ3n) is 3.58. The number of hydrazone groups is 1. The number of nitrogens with one attached hydrogen (secondary N) is 1. The third kappa shape index (κ3) is 4.99. The molecule has 1 N–H and O–H groups in total. The minimum Gasteiger partial charge on any atom is -0.493 e. The van der Waals surface area contributed by atoms with Crippen LogP contribution in [0.15, 0.2) is 62.7 Å². The number of carbonyl (C=O) groups is 1. The highest BCUT2D eigenvalue weighted by Crippen LogP contribution is 2.27. The van der Waals surface area contributed by atoms with Gasteiger partial charge in [0.05, 0.1) is 20.4 Å². The molecule has 1 aliphatic rings. The molecule has 0 bridgehead atoms. The number of aliphatic imine (C=N–C) groups is 1. The van der Waals surface area contributed by atoms with Gasteiger partial charge in [-0.25, -0.2) is 4.99 Å². The minimum atomic E-state index is -0.123. The Morgan fingerprint density at radius 1 is 1.07 bits per heavy atom. The quantitative estimate of drug-likeness (QED) is 0.426. The summed E-state index contributed by atoms with van der Waals surface area (Å²) < 4.78 is 11.4. The van der Waals surface area contributed by atoms with E-state index in [1.54, 1.807) is 38.6 Å². The Balaban J connectivity index is 1.68. The zero-order valence-electron chi connectivity index (χ0n) is 14.6. The van der Waals surface area contributed by atoms with Crippen molar-refractivity contribution in [1.82, 2.24) is 5.43 Å². The smallest absolute Gasteiger partial charge is 0.245 e. The molecule has 0 radical (unpaired) electrons. The van der Waals surface area contributed by atoms with Crippen molar-refractivity contribution in [3.05, 3.63) is 63.8 Å². The highest BCUT2D eigenvalue weighted by atomic mass is 79.9. The van der Waals surface area contributed by atoms with Gasteiger partial charge in [-0.3, -0.25) is 10.2 Å². The number of halogens is 1. The maximum atomic E-state index is 12.1. The van der Waals surface area contributed by atoms with E-state index in [4.69, 9.17) is 9.47 Å². The van der Waals surface area contributed by atoms with Gasteiger partial charge in [0, 0.05) is 4.47 Å². The fourth-order valence-electron chi connectivity index (χ4n) is 2.27. The number of hydrogen-bond donors (Lipinski definition) is 1. The lowest BCUT2D eigenvalue weighted by atomic mass is 10.2. The lowest BCUT2D eigenvalue weighted by Crippen LogP contribution is -2.11. The first-order chi connectivity index (χ1) is 13.1. The van der Waals surface area contributed by atoms with Gasteiger partial charge in [0.15, 0.2) is 16.7 Å². The molecule has 138 valence electrons. The molecule has 8 heteroatoms. The Morgan fingerprint density at radius 3 is 2.48 bits per heavy atom. The van der Waals surface area contributed by atoms with Crippen molar-refractivity contribution >= 4 is 50.3 Å². The molecule has 0 aromatic heterocycles. The van der Waals surface area contributed by atoms with Crippen molar-refractivity contribution < 1.29 is 14.3 Å². The molecule has 2 aromatic carbocycles. The number of methoxy groups -OCH3 is 2. The number of rotatable bonds is 5. The van der Waals surface area contributed by atoms with Gasteiger partial charge in [0.2, 0.25) is 5.12 Å². The second-order valence-electron chi connectivity index (χ2n) is 5.37. The lowest BCUT2D eigenvalue weighted by molar-refractivity contribution is -0.107. The van der Waals surface area contributed by atoms with Gasteiger partial charge in [-0.05, 0) is 59.3 Å². The Bertz CT molecular complexity index is 940. The Kier molecular flexibility index (Phi) is 6.31. The zero-order valence-corrected chi connectivity index (χ0v) is 17.0. The Labute approximate surface area is 169 Å². The molecule has 0 fully saturated rings. The zero-order chi connectivity index (χ0) is 19.2. The van der Waals surface area contributed by atoms with Gasteiger partial charge in [-0.2, -0.15) is 5.10 Å². The summed E-state index contributed by atoms with van der Waals surface area (Å²) in [5.41, 5.74) is 4.90. The van der Waals surface area contributed by atoms with E-state index in [1.807, 2.05) is 30.3 Å². The highest BCUT2D eigenvalue weighted by Gasteiger charge is 2.21. The Hall–Kier alpha value is -2.58. The normalized spacial score (nSPS) is 15.3. The molecule has 6 nitrogen and oxygen atoms in total. The second kappa shape index (κ2) is 8.88. The summed E-state index contributed by atoms with van der Waals surface area (Å²) in [5.74, 6) is 1.26. The fraction of sp³-hybridized carbons (Fsp3) is 0.105. The third-order valence-corrected chi connectivity index (χ3v) is 4.87. The molecular weight excluding hydrogens is 430 g/mol. The molecule has 0 aliphatic carbocycles. The van der Waals surface area contributed by atoms with Crippen LogP contribution in [-0.2, 0) is 4.79 Å². The van der Waals surface area contributed by atoms with Gasteiger partial charge in [0.1, 0.15) is 5.70 Å². The van der Waals surface area contributed by atoms with Crippen LogP contribution in [-0.4, -0.2) is 30.7 Å². The molecule has 0 saturated carbocycles. The van der Waals surface area contributed by atoms with Crippen LogP contribution in [0.1, 0.15) is 11.1 Å².